The van der Waals surface area contributed by atoms with Gasteiger partial charge in [0.1, 0.15) is 17.6 Å². The second-order valence-corrected chi connectivity index (χ2v) is 10.4. The summed E-state index contributed by atoms with van der Waals surface area (Å²) in [6.07, 6.45) is 2.82. The Kier molecular flexibility index (Phi) is 8.00. The lowest BCUT2D eigenvalue weighted by Gasteiger charge is -2.20. The van der Waals surface area contributed by atoms with Gasteiger partial charge in [0, 0.05) is 42.3 Å². The Hall–Kier alpha value is -4.73. The molecule has 0 aliphatic carbocycles. The zero-order valence-electron chi connectivity index (χ0n) is 23.8. The smallest absolute Gasteiger partial charge is 0.294 e. The number of pyridine rings is 2. The Bertz CT molecular complexity index is 1610. The van der Waals surface area contributed by atoms with Crippen molar-refractivity contribution in [3.63, 3.8) is 0 Å². The number of amides is 1. The Labute approximate surface area is 239 Å². The predicted octanol–water partition coefficient (Wildman–Crippen LogP) is 3.60. The van der Waals surface area contributed by atoms with Crippen LogP contribution in [-0.4, -0.2) is 39.1 Å². The number of aryl methyl sites for hydroxylation is 4. The summed E-state index contributed by atoms with van der Waals surface area (Å²) in [6, 6.07) is 14.9. The van der Waals surface area contributed by atoms with Gasteiger partial charge in [-0.2, -0.15) is 0 Å². The highest BCUT2D eigenvalue weighted by Crippen LogP contribution is 2.28. The number of hydrogen-bond acceptors (Lipinski definition) is 8. The number of fused-ring (bicyclic) bond motifs is 1. The molecule has 2 atom stereocenters. The summed E-state index contributed by atoms with van der Waals surface area (Å²) in [5, 5.41) is 6.23. The minimum atomic E-state index is -0.610. The maximum Gasteiger partial charge on any atom is 0.294 e. The maximum absolute atomic E-state index is 13.6. The average Bonchev–Trinajstić information content (AvgIpc) is 3.39. The summed E-state index contributed by atoms with van der Waals surface area (Å²) < 4.78 is 6.90. The van der Waals surface area contributed by atoms with E-state index in [2.05, 4.69) is 26.7 Å². The fourth-order valence-corrected chi connectivity index (χ4v) is 5.39. The van der Waals surface area contributed by atoms with E-state index < -0.39 is 6.04 Å². The SMILES string of the molecule is COc1ccc([C@H](CNc2ncc3n(c2=O)[C@H](C(=O)NCc2ccc(N)nc2C)CC3)c2cc(C)cc(C)n2)cc1. The Morgan fingerprint density at radius 2 is 1.90 bits per heavy atom. The summed E-state index contributed by atoms with van der Waals surface area (Å²) >= 11 is 0. The van der Waals surface area contributed by atoms with Gasteiger partial charge in [0.2, 0.25) is 5.91 Å². The first kappa shape index (κ1) is 27.8. The monoisotopic (exact) mass is 553 g/mol. The van der Waals surface area contributed by atoms with Crippen molar-refractivity contribution in [3.8, 4) is 5.75 Å². The van der Waals surface area contributed by atoms with Gasteiger partial charge in [-0.3, -0.25) is 19.1 Å². The third-order valence-electron chi connectivity index (χ3n) is 7.50. The molecule has 212 valence electrons. The van der Waals surface area contributed by atoms with Crippen molar-refractivity contribution < 1.29 is 9.53 Å². The molecule has 0 fully saturated rings. The summed E-state index contributed by atoms with van der Waals surface area (Å²) in [5.74, 6) is 1.04. The lowest BCUT2D eigenvalue weighted by Crippen LogP contribution is -2.36. The first-order valence-corrected chi connectivity index (χ1v) is 13.7. The number of nitrogens with one attached hydrogen (secondary N) is 2. The van der Waals surface area contributed by atoms with Crippen molar-refractivity contribution in [2.24, 2.45) is 0 Å². The summed E-state index contributed by atoms with van der Waals surface area (Å²) in [4.78, 5) is 40.3. The number of nitrogens with zero attached hydrogens (tertiary/aromatic N) is 4. The number of carbonyl (C=O) groups is 1. The van der Waals surface area contributed by atoms with Gasteiger partial charge in [0.15, 0.2) is 5.82 Å². The van der Waals surface area contributed by atoms with E-state index >= 15 is 0 Å². The highest BCUT2D eigenvalue weighted by molar-refractivity contribution is 5.81. The Balaban J connectivity index is 1.37. The van der Waals surface area contributed by atoms with Crippen LogP contribution in [0.5, 0.6) is 5.75 Å². The summed E-state index contributed by atoms with van der Waals surface area (Å²) in [5.41, 5.74) is 11.8. The first-order valence-electron chi connectivity index (χ1n) is 13.7. The fourth-order valence-electron chi connectivity index (χ4n) is 5.39. The minimum Gasteiger partial charge on any atom is -0.497 e. The average molecular weight is 554 g/mol. The van der Waals surface area contributed by atoms with Crippen LogP contribution in [0.15, 0.2) is 59.5 Å². The molecule has 10 heteroatoms. The lowest BCUT2D eigenvalue weighted by atomic mass is 9.94. The van der Waals surface area contributed by atoms with Gasteiger partial charge in [-0.1, -0.05) is 18.2 Å². The number of anilines is 2. The van der Waals surface area contributed by atoms with Gasteiger partial charge in [-0.05, 0) is 80.6 Å². The summed E-state index contributed by atoms with van der Waals surface area (Å²) in [7, 11) is 1.64. The molecule has 0 unspecified atom stereocenters. The second-order valence-electron chi connectivity index (χ2n) is 10.4. The standard InChI is InChI=1S/C31H35N7O3/c1-18-13-19(2)36-26(14-18)25(21-5-9-24(41-4)10-6-21)17-34-29-31(40)38-23(16-33-29)8-11-27(38)30(39)35-15-22-7-12-28(32)37-20(22)3/h5-7,9-10,12-14,16,25,27H,8,11,15,17H2,1-4H3,(H2,32,37)(H,33,34)(H,35,39)/t25-,27-/m0/s1. The van der Waals surface area contributed by atoms with E-state index in [9.17, 15) is 9.59 Å². The van der Waals surface area contributed by atoms with Gasteiger partial charge >= 0.3 is 0 Å². The maximum atomic E-state index is 13.6. The van der Waals surface area contributed by atoms with E-state index in [0.717, 1.165) is 45.2 Å². The largest absolute Gasteiger partial charge is 0.497 e. The third kappa shape index (κ3) is 6.06. The van der Waals surface area contributed by atoms with Gasteiger partial charge in [0.25, 0.3) is 5.56 Å². The van der Waals surface area contributed by atoms with Gasteiger partial charge in [0.05, 0.1) is 12.8 Å². The molecule has 0 saturated carbocycles. The molecule has 10 nitrogen and oxygen atoms in total. The molecule has 1 aromatic carbocycles. The molecule has 0 bridgehead atoms. The van der Waals surface area contributed by atoms with Crippen molar-refractivity contribution in [3.05, 3.63) is 105 Å². The van der Waals surface area contributed by atoms with Crippen LogP contribution in [0.4, 0.5) is 11.6 Å². The molecule has 3 aromatic heterocycles. The molecule has 0 spiro atoms. The summed E-state index contributed by atoms with van der Waals surface area (Å²) in [6.45, 7) is 6.57. The van der Waals surface area contributed by atoms with Crippen molar-refractivity contribution in [2.75, 3.05) is 24.7 Å². The van der Waals surface area contributed by atoms with Crippen LogP contribution in [0.2, 0.25) is 0 Å². The van der Waals surface area contributed by atoms with Crippen LogP contribution in [0.1, 0.15) is 57.8 Å². The topological polar surface area (TPSA) is 137 Å². The van der Waals surface area contributed by atoms with E-state index in [1.807, 2.05) is 57.2 Å². The van der Waals surface area contributed by atoms with E-state index in [1.54, 1.807) is 23.9 Å². The number of carbonyl (C=O) groups excluding carboxylic acids is 1. The molecular weight excluding hydrogens is 518 g/mol. The van der Waals surface area contributed by atoms with Crippen LogP contribution < -0.4 is 26.7 Å². The zero-order valence-corrected chi connectivity index (χ0v) is 23.8. The van der Waals surface area contributed by atoms with Crippen LogP contribution in [0.3, 0.4) is 0 Å². The van der Waals surface area contributed by atoms with Gasteiger partial charge in [-0.25, -0.2) is 9.97 Å². The number of hydrogen-bond donors (Lipinski definition) is 3. The minimum absolute atomic E-state index is 0.144. The molecule has 1 amide bonds. The Morgan fingerprint density at radius 1 is 1.12 bits per heavy atom. The number of methoxy groups -OCH3 is 1. The number of benzene rings is 1. The molecule has 4 heterocycles. The number of nitrogen functional groups attached to an aromatic ring is 1. The second kappa shape index (κ2) is 11.8. The third-order valence-corrected chi connectivity index (χ3v) is 7.50. The van der Waals surface area contributed by atoms with Crippen LogP contribution in [-0.2, 0) is 17.8 Å². The molecule has 4 aromatic rings. The normalized spacial score (nSPS) is 14.8. The van der Waals surface area contributed by atoms with Crippen LogP contribution in [0, 0.1) is 20.8 Å². The molecule has 0 radical (unpaired) electrons. The molecule has 1 aliphatic rings. The molecular formula is C31H35N7O3. The highest BCUT2D eigenvalue weighted by Gasteiger charge is 2.31. The number of nitrogens with two attached hydrogens (primary N) is 1. The lowest BCUT2D eigenvalue weighted by molar-refractivity contribution is -0.124. The zero-order chi connectivity index (χ0) is 29.1. The molecule has 41 heavy (non-hydrogen) atoms. The van der Waals surface area contributed by atoms with Crippen molar-refractivity contribution >= 4 is 17.5 Å². The number of ether oxygens (including phenoxy) is 1. The van der Waals surface area contributed by atoms with Gasteiger partial charge in [-0.15, -0.1) is 0 Å². The van der Waals surface area contributed by atoms with E-state index in [4.69, 9.17) is 15.5 Å². The molecule has 5 rings (SSSR count). The Morgan fingerprint density at radius 3 is 2.61 bits per heavy atom. The number of rotatable bonds is 9. The van der Waals surface area contributed by atoms with E-state index in [1.165, 1.54) is 0 Å². The quantitative estimate of drug-likeness (QED) is 0.286. The van der Waals surface area contributed by atoms with Crippen molar-refractivity contribution in [2.45, 2.75) is 52.1 Å². The van der Waals surface area contributed by atoms with Gasteiger partial charge < -0.3 is 21.1 Å². The molecule has 0 saturated heterocycles. The van der Waals surface area contributed by atoms with Crippen molar-refractivity contribution in [1.82, 2.24) is 24.8 Å². The molecule has 4 N–H and O–H groups in total. The van der Waals surface area contributed by atoms with Crippen LogP contribution in [0.25, 0.3) is 0 Å². The van der Waals surface area contributed by atoms with Crippen molar-refractivity contribution in [1.29, 1.82) is 0 Å². The van der Waals surface area contributed by atoms with E-state index in [-0.39, 0.29) is 23.2 Å². The fraction of sp³-hybridized carbons (Fsp3) is 0.323. The van der Waals surface area contributed by atoms with E-state index in [0.29, 0.717) is 31.7 Å². The molecule has 1 aliphatic heterocycles. The predicted molar refractivity (Wildman–Crippen MR) is 158 cm³/mol. The highest BCUT2D eigenvalue weighted by atomic mass is 16.5. The number of aromatic nitrogens is 4. The van der Waals surface area contributed by atoms with Crippen LogP contribution >= 0.6 is 0 Å². The first-order chi connectivity index (χ1) is 19.7.